The summed E-state index contributed by atoms with van der Waals surface area (Å²) in [5, 5.41) is 0. The van der Waals surface area contributed by atoms with Gasteiger partial charge in [0.2, 0.25) is 0 Å². The van der Waals surface area contributed by atoms with Gasteiger partial charge in [-0.2, -0.15) is 0 Å². The van der Waals surface area contributed by atoms with Crippen LogP contribution in [0.1, 0.15) is 47.0 Å². The van der Waals surface area contributed by atoms with Crippen molar-refractivity contribution in [3.63, 3.8) is 0 Å². The maximum absolute atomic E-state index is 2.55. The highest BCUT2D eigenvalue weighted by Crippen LogP contribution is 2.38. The molecule has 0 spiro atoms. The predicted octanol–water partition coefficient (Wildman–Crippen LogP) is 3.15. The standard InChI is InChI=1S/C12H25N/c1-6-11-10(12(2,3)4)8-7-9-13(11)5/h10-11H,6-9H2,1-5H3. The quantitative estimate of drug-likeness (QED) is 0.603. The lowest BCUT2D eigenvalue weighted by molar-refractivity contribution is 0.0467. The molecule has 1 heteroatoms. The van der Waals surface area contributed by atoms with E-state index in [1.54, 1.807) is 0 Å². The molecular weight excluding hydrogens is 158 g/mol. The molecule has 0 N–H and O–H groups in total. The molecule has 1 rings (SSSR count). The van der Waals surface area contributed by atoms with Gasteiger partial charge >= 0.3 is 0 Å². The molecule has 1 fully saturated rings. The first kappa shape index (κ1) is 11.0. The number of hydrogen-bond donors (Lipinski definition) is 0. The maximum Gasteiger partial charge on any atom is 0.0123 e. The molecule has 13 heavy (non-hydrogen) atoms. The zero-order valence-corrected chi connectivity index (χ0v) is 9.93. The minimum Gasteiger partial charge on any atom is -0.303 e. The van der Waals surface area contributed by atoms with Crippen LogP contribution in [0.15, 0.2) is 0 Å². The predicted molar refractivity (Wildman–Crippen MR) is 58.9 cm³/mol. The summed E-state index contributed by atoms with van der Waals surface area (Å²) in [6, 6.07) is 0.814. The van der Waals surface area contributed by atoms with Gasteiger partial charge in [-0.3, -0.25) is 0 Å². The molecular formula is C12H25N. The fourth-order valence-electron chi connectivity index (χ4n) is 2.83. The summed E-state index contributed by atoms with van der Waals surface area (Å²) in [5.41, 5.74) is 0.482. The topological polar surface area (TPSA) is 3.24 Å². The number of likely N-dealkylation sites (tertiary alicyclic amines) is 1. The Bertz CT molecular complexity index is 157. The van der Waals surface area contributed by atoms with Crippen molar-refractivity contribution in [3.8, 4) is 0 Å². The first-order chi connectivity index (χ1) is 5.96. The molecule has 0 amide bonds. The lowest BCUT2D eigenvalue weighted by atomic mass is 9.71. The van der Waals surface area contributed by atoms with Gasteiger partial charge in [-0.1, -0.05) is 27.7 Å². The number of rotatable bonds is 1. The van der Waals surface area contributed by atoms with E-state index in [-0.39, 0.29) is 0 Å². The summed E-state index contributed by atoms with van der Waals surface area (Å²) in [6.45, 7) is 10.8. The Morgan fingerprint density at radius 3 is 2.31 bits per heavy atom. The molecule has 2 unspecified atom stereocenters. The van der Waals surface area contributed by atoms with Crippen molar-refractivity contribution in [1.82, 2.24) is 4.90 Å². The van der Waals surface area contributed by atoms with E-state index in [2.05, 4.69) is 39.6 Å². The normalized spacial score (nSPS) is 32.1. The molecule has 0 aromatic heterocycles. The second kappa shape index (κ2) is 4.00. The van der Waals surface area contributed by atoms with Gasteiger partial charge in [-0.05, 0) is 44.2 Å². The Hall–Kier alpha value is -0.0400. The molecule has 0 radical (unpaired) electrons. The van der Waals surface area contributed by atoms with E-state index in [1.807, 2.05) is 0 Å². The molecule has 1 nitrogen and oxygen atoms in total. The average Bonchev–Trinajstić information content (AvgIpc) is 2.02. The molecule has 2 atom stereocenters. The lowest BCUT2D eigenvalue weighted by Crippen LogP contribution is -2.47. The van der Waals surface area contributed by atoms with Crippen LogP contribution < -0.4 is 0 Å². The van der Waals surface area contributed by atoms with Gasteiger partial charge in [0.1, 0.15) is 0 Å². The summed E-state index contributed by atoms with van der Waals surface area (Å²) < 4.78 is 0. The molecule has 1 heterocycles. The van der Waals surface area contributed by atoms with Crippen molar-refractivity contribution < 1.29 is 0 Å². The van der Waals surface area contributed by atoms with Crippen LogP contribution in [0.2, 0.25) is 0 Å². The molecule has 1 aliphatic rings. The van der Waals surface area contributed by atoms with Gasteiger partial charge in [-0.25, -0.2) is 0 Å². The van der Waals surface area contributed by atoms with E-state index in [1.165, 1.54) is 25.8 Å². The minimum absolute atomic E-state index is 0.482. The monoisotopic (exact) mass is 183 g/mol. The van der Waals surface area contributed by atoms with Crippen molar-refractivity contribution in [1.29, 1.82) is 0 Å². The zero-order chi connectivity index (χ0) is 10.1. The Balaban J connectivity index is 2.70. The highest BCUT2D eigenvalue weighted by Gasteiger charge is 2.35. The van der Waals surface area contributed by atoms with Crippen molar-refractivity contribution >= 4 is 0 Å². The summed E-state index contributed by atoms with van der Waals surface area (Å²) in [4.78, 5) is 2.55. The van der Waals surface area contributed by atoms with Crippen molar-refractivity contribution in [2.24, 2.45) is 11.3 Å². The van der Waals surface area contributed by atoms with Crippen molar-refractivity contribution in [2.75, 3.05) is 13.6 Å². The van der Waals surface area contributed by atoms with E-state index >= 15 is 0 Å². The van der Waals surface area contributed by atoms with Crippen molar-refractivity contribution in [3.05, 3.63) is 0 Å². The SMILES string of the molecule is CCC1C(C(C)(C)C)CCCN1C. The van der Waals surface area contributed by atoms with Crippen LogP contribution in [0.5, 0.6) is 0 Å². The number of piperidine rings is 1. The van der Waals surface area contributed by atoms with Crippen LogP contribution in [-0.2, 0) is 0 Å². The fraction of sp³-hybridized carbons (Fsp3) is 1.00. The smallest absolute Gasteiger partial charge is 0.0123 e. The van der Waals surface area contributed by atoms with E-state index in [0.717, 1.165) is 12.0 Å². The van der Waals surface area contributed by atoms with Crippen LogP contribution in [0.25, 0.3) is 0 Å². The first-order valence-corrected chi connectivity index (χ1v) is 5.67. The second-order valence-electron chi connectivity index (χ2n) is 5.57. The van der Waals surface area contributed by atoms with Crippen LogP contribution in [0.4, 0.5) is 0 Å². The molecule has 0 bridgehead atoms. The van der Waals surface area contributed by atoms with Gasteiger partial charge < -0.3 is 4.90 Å². The molecule has 0 aromatic rings. The van der Waals surface area contributed by atoms with Gasteiger partial charge in [0.25, 0.3) is 0 Å². The Kier molecular flexibility index (Phi) is 3.39. The van der Waals surface area contributed by atoms with E-state index in [0.29, 0.717) is 5.41 Å². The van der Waals surface area contributed by atoms with Gasteiger partial charge in [-0.15, -0.1) is 0 Å². The molecule has 78 valence electrons. The first-order valence-electron chi connectivity index (χ1n) is 5.67. The van der Waals surface area contributed by atoms with Gasteiger partial charge in [0.15, 0.2) is 0 Å². The highest BCUT2D eigenvalue weighted by molar-refractivity contribution is 4.88. The van der Waals surface area contributed by atoms with Gasteiger partial charge in [0, 0.05) is 6.04 Å². The lowest BCUT2D eigenvalue weighted by Gasteiger charge is -2.45. The third-order valence-electron chi connectivity index (χ3n) is 3.59. The van der Waals surface area contributed by atoms with Crippen molar-refractivity contribution in [2.45, 2.75) is 53.0 Å². The Labute approximate surface area is 83.5 Å². The second-order valence-corrected chi connectivity index (χ2v) is 5.57. The fourth-order valence-corrected chi connectivity index (χ4v) is 2.83. The minimum atomic E-state index is 0.482. The summed E-state index contributed by atoms with van der Waals surface area (Å²) >= 11 is 0. The Morgan fingerprint density at radius 1 is 1.31 bits per heavy atom. The number of hydrogen-bond acceptors (Lipinski definition) is 1. The molecule has 1 saturated heterocycles. The summed E-state index contributed by atoms with van der Waals surface area (Å²) in [5.74, 6) is 0.885. The van der Waals surface area contributed by atoms with Crippen LogP contribution in [0.3, 0.4) is 0 Å². The summed E-state index contributed by atoms with van der Waals surface area (Å²) in [6.07, 6.45) is 4.11. The van der Waals surface area contributed by atoms with E-state index in [9.17, 15) is 0 Å². The highest BCUT2D eigenvalue weighted by atomic mass is 15.1. The third kappa shape index (κ3) is 2.46. The average molecular weight is 183 g/mol. The zero-order valence-electron chi connectivity index (χ0n) is 9.93. The van der Waals surface area contributed by atoms with Gasteiger partial charge in [0.05, 0.1) is 0 Å². The van der Waals surface area contributed by atoms with Crippen LogP contribution >= 0.6 is 0 Å². The van der Waals surface area contributed by atoms with E-state index < -0.39 is 0 Å². The largest absolute Gasteiger partial charge is 0.303 e. The molecule has 1 aliphatic heterocycles. The van der Waals surface area contributed by atoms with Crippen LogP contribution in [-0.4, -0.2) is 24.5 Å². The Morgan fingerprint density at radius 2 is 1.92 bits per heavy atom. The molecule has 0 saturated carbocycles. The number of nitrogens with zero attached hydrogens (tertiary/aromatic N) is 1. The molecule has 0 aromatic carbocycles. The van der Waals surface area contributed by atoms with Crippen LogP contribution in [0, 0.1) is 11.3 Å². The summed E-state index contributed by atoms with van der Waals surface area (Å²) in [7, 11) is 2.28. The maximum atomic E-state index is 2.55. The van der Waals surface area contributed by atoms with E-state index in [4.69, 9.17) is 0 Å². The third-order valence-corrected chi connectivity index (χ3v) is 3.59. The molecule has 0 aliphatic carbocycles.